The number of rotatable bonds is 5. The molecule has 1 unspecified atom stereocenters. The number of thioether (sulfide) groups is 2. The zero-order chi connectivity index (χ0) is 8.86. The molecular formula is C9H19NS2. The molecule has 0 aromatic rings. The number of nitrogens with two attached hydrogens (primary N) is 1. The third-order valence-corrected chi connectivity index (χ3v) is 5.04. The molecule has 0 aromatic carbocycles. The molecule has 1 aliphatic rings. The monoisotopic (exact) mass is 205 g/mol. The number of hydrogen-bond donors (Lipinski definition) is 1. The number of hydrogen-bond acceptors (Lipinski definition) is 3. The van der Waals surface area contributed by atoms with Gasteiger partial charge in [-0.05, 0) is 36.5 Å². The molecule has 0 radical (unpaired) electrons. The van der Waals surface area contributed by atoms with Crippen LogP contribution in [0.2, 0.25) is 0 Å². The molecule has 1 nitrogen and oxygen atoms in total. The smallest absolute Gasteiger partial charge is 0.0290 e. The van der Waals surface area contributed by atoms with Crippen molar-refractivity contribution in [1.29, 1.82) is 0 Å². The maximum atomic E-state index is 5.82. The second-order valence-corrected chi connectivity index (χ2v) is 6.24. The van der Waals surface area contributed by atoms with Crippen LogP contribution in [0.25, 0.3) is 0 Å². The van der Waals surface area contributed by atoms with Crippen LogP contribution in [0.4, 0.5) is 0 Å². The van der Waals surface area contributed by atoms with E-state index in [0.29, 0.717) is 4.75 Å². The van der Waals surface area contributed by atoms with Gasteiger partial charge in [-0.3, -0.25) is 0 Å². The third-order valence-electron chi connectivity index (χ3n) is 2.46. The standard InChI is InChI=1S/C9H19NS2/c1-2-11-7-5-9(8-10)4-3-6-12-9/h2-8,10H2,1H3. The summed E-state index contributed by atoms with van der Waals surface area (Å²) in [5.41, 5.74) is 5.82. The Bertz CT molecular complexity index is 122. The van der Waals surface area contributed by atoms with Crippen molar-refractivity contribution >= 4 is 23.5 Å². The van der Waals surface area contributed by atoms with Gasteiger partial charge in [0.1, 0.15) is 0 Å². The molecule has 72 valence electrons. The molecule has 1 saturated heterocycles. The zero-order valence-electron chi connectivity index (χ0n) is 7.84. The molecule has 0 amide bonds. The summed E-state index contributed by atoms with van der Waals surface area (Å²) in [4.78, 5) is 0. The van der Waals surface area contributed by atoms with Gasteiger partial charge >= 0.3 is 0 Å². The van der Waals surface area contributed by atoms with E-state index in [4.69, 9.17) is 5.73 Å². The van der Waals surface area contributed by atoms with E-state index in [1.807, 2.05) is 11.8 Å². The normalized spacial score (nSPS) is 29.5. The van der Waals surface area contributed by atoms with Gasteiger partial charge in [0.05, 0.1) is 0 Å². The first-order chi connectivity index (χ1) is 5.83. The van der Waals surface area contributed by atoms with Crippen LogP contribution in [-0.4, -0.2) is 28.6 Å². The van der Waals surface area contributed by atoms with Gasteiger partial charge < -0.3 is 5.73 Å². The quantitative estimate of drug-likeness (QED) is 0.698. The molecular weight excluding hydrogens is 186 g/mol. The molecule has 0 aromatic heterocycles. The topological polar surface area (TPSA) is 26.0 Å². The lowest BCUT2D eigenvalue weighted by molar-refractivity contribution is 0.555. The van der Waals surface area contributed by atoms with Gasteiger partial charge in [0.2, 0.25) is 0 Å². The molecule has 3 heteroatoms. The molecule has 0 spiro atoms. The Morgan fingerprint density at radius 3 is 2.92 bits per heavy atom. The molecule has 0 bridgehead atoms. The molecule has 1 aliphatic heterocycles. The first-order valence-electron chi connectivity index (χ1n) is 4.75. The predicted molar refractivity (Wildman–Crippen MR) is 61.1 cm³/mol. The highest BCUT2D eigenvalue weighted by molar-refractivity contribution is 8.01. The highest BCUT2D eigenvalue weighted by Crippen LogP contribution is 2.40. The van der Waals surface area contributed by atoms with Crippen LogP contribution < -0.4 is 5.73 Å². The fourth-order valence-electron chi connectivity index (χ4n) is 1.62. The second-order valence-electron chi connectivity index (χ2n) is 3.29. The average Bonchev–Trinajstić information content (AvgIpc) is 2.55. The van der Waals surface area contributed by atoms with Gasteiger partial charge in [-0.1, -0.05) is 6.92 Å². The lowest BCUT2D eigenvalue weighted by atomic mass is 10.0. The Morgan fingerprint density at radius 2 is 2.42 bits per heavy atom. The lowest BCUT2D eigenvalue weighted by Gasteiger charge is -2.25. The summed E-state index contributed by atoms with van der Waals surface area (Å²) in [5.74, 6) is 3.86. The SMILES string of the molecule is CCSCCC1(CN)CCCS1. The van der Waals surface area contributed by atoms with Crippen LogP contribution in [0.15, 0.2) is 0 Å². The summed E-state index contributed by atoms with van der Waals surface area (Å²) in [5, 5.41) is 0. The third kappa shape index (κ3) is 2.86. The van der Waals surface area contributed by atoms with E-state index < -0.39 is 0 Å². The summed E-state index contributed by atoms with van der Waals surface area (Å²) in [6.45, 7) is 3.10. The van der Waals surface area contributed by atoms with Gasteiger partial charge in [-0.15, -0.1) is 0 Å². The van der Waals surface area contributed by atoms with E-state index in [9.17, 15) is 0 Å². The predicted octanol–water partition coefficient (Wildman–Crippen LogP) is 2.35. The van der Waals surface area contributed by atoms with Gasteiger partial charge in [0.15, 0.2) is 0 Å². The van der Waals surface area contributed by atoms with E-state index in [1.165, 1.54) is 36.5 Å². The first kappa shape index (κ1) is 10.7. The van der Waals surface area contributed by atoms with Crippen LogP contribution >= 0.6 is 23.5 Å². The van der Waals surface area contributed by atoms with E-state index in [1.54, 1.807) is 0 Å². The summed E-state index contributed by atoms with van der Waals surface area (Å²) in [7, 11) is 0. The fraction of sp³-hybridized carbons (Fsp3) is 1.00. The van der Waals surface area contributed by atoms with E-state index in [0.717, 1.165) is 6.54 Å². The lowest BCUT2D eigenvalue weighted by Crippen LogP contribution is -2.32. The largest absolute Gasteiger partial charge is 0.329 e. The summed E-state index contributed by atoms with van der Waals surface area (Å²) < 4.78 is 0.460. The van der Waals surface area contributed by atoms with Crippen molar-refractivity contribution in [3.05, 3.63) is 0 Å². The molecule has 0 saturated carbocycles. The summed E-state index contributed by atoms with van der Waals surface area (Å²) >= 11 is 4.14. The second kappa shape index (κ2) is 5.40. The van der Waals surface area contributed by atoms with Crippen molar-refractivity contribution in [2.75, 3.05) is 23.8 Å². The zero-order valence-corrected chi connectivity index (χ0v) is 9.48. The fourth-order valence-corrected chi connectivity index (χ4v) is 3.95. The molecule has 1 fully saturated rings. The van der Waals surface area contributed by atoms with Crippen LogP contribution in [0, 0.1) is 0 Å². The Kier molecular flexibility index (Phi) is 4.84. The Balaban J connectivity index is 2.24. The summed E-state index contributed by atoms with van der Waals surface area (Å²) in [6, 6.07) is 0. The molecule has 1 atom stereocenters. The average molecular weight is 205 g/mol. The van der Waals surface area contributed by atoms with Crippen LogP contribution in [0.5, 0.6) is 0 Å². The van der Waals surface area contributed by atoms with Crippen molar-refractivity contribution in [3.8, 4) is 0 Å². The molecule has 1 rings (SSSR count). The summed E-state index contributed by atoms with van der Waals surface area (Å²) in [6.07, 6.45) is 4.03. The van der Waals surface area contributed by atoms with Crippen molar-refractivity contribution in [2.24, 2.45) is 5.73 Å². The molecule has 0 aliphatic carbocycles. The van der Waals surface area contributed by atoms with Gasteiger partial charge in [0.25, 0.3) is 0 Å². The van der Waals surface area contributed by atoms with Crippen LogP contribution in [0.3, 0.4) is 0 Å². The molecule has 12 heavy (non-hydrogen) atoms. The van der Waals surface area contributed by atoms with Gasteiger partial charge in [-0.2, -0.15) is 23.5 Å². The highest BCUT2D eigenvalue weighted by atomic mass is 32.2. The minimum Gasteiger partial charge on any atom is -0.329 e. The van der Waals surface area contributed by atoms with E-state index in [2.05, 4.69) is 18.7 Å². The van der Waals surface area contributed by atoms with Crippen molar-refractivity contribution in [2.45, 2.75) is 30.9 Å². The minimum absolute atomic E-state index is 0.460. The molecule has 1 heterocycles. The van der Waals surface area contributed by atoms with Crippen LogP contribution in [-0.2, 0) is 0 Å². The van der Waals surface area contributed by atoms with Crippen molar-refractivity contribution in [3.63, 3.8) is 0 Å². The van der Waals surface area contributed by atoms with Crippen molar-refractivity contribution in [1.82, 2.24) is 0 Å². The van der Waals surface area contributed by atoms with E-state index >= 15 is 0 Å². The maximum absolute atomic E-state index is 5.82. The van der Waals surface area contributed by atoms with Crippen molar-refractivity contribution < 1.29 is 0 Å². The minimum atomic E-state index is 0.460. The maximum Gasteiger partial charge on any atom is 0.0290 e. The van der Waals surface area contributed by atoms with Gasteiger partial charge in [0, 0.05) is 11.3 Å². The Labute approximate surface area is 84.2 Å². The Hall–Kier alpha value is 0.660. The van der Waals surface area contributed by atoms with Gasteiger partial charge in [-0.25, -0.2) is 0 Å². The van der Waals surface area contributed by atoms with Crippen LogP contribution in [0.1, 0.15) is 26.2 Å². The first-order valence-corrected chi connectivity index (χ1v) is 6.89. The highest BCUT2D eigenvalue weighted by Gasteiger charge is 2.32. The van der Waals surface area contributed by atoms with E-state index in [-0.39, 0.29) is 0 Å². The Morgan fingerprint density at radius 1 is 1.58 bits per heavy atom. The molecule has 2 N–H and O–H groups in total.